The Kier molecular flexibility index (Phi) is 27.0. The molecular formula is C48H73N11O13S. The number of primary amides is 1. The predicted octanol–water partition coefficient (Wildman–Crippen LogP) is -2.70. The molecule has 10 atom stereocenters. The molecule has 0 aliphatic rings. The lowest BCUT2D eigenvalue weighted by Crippen LogP contribution is -2.61. The second kappa shape index (κ2) is 31.6. The van der Waals surface area contributed by atoms with Crippen molar-refractivity contribution in [2.24, 2.45) is 23.1 Å². The summed E-state index contributed by atoms with van der Waals surface area (Å²) in [5.41, 5.74) is 18.0. The van der Waals surface area contributed by atoms with E-state index in [2.05, 4.69) is 42.5 Å². The van der Waals surface area contributed by atoms with Gasteiger partial charge in [-0.15, -0.1) is 0 Å². The Balaban J connectivity index is 2.39. The van der Waals surface area contributed by atoms with Crippen LogP contribution in [0.25, 0.3) is 0 Å². The van der Waals surface area contributed by atoms with Crippen molar-refractivity contribution in [3.63, 3.8) is 0 Å². The van der Waals surface area contributed by atoms with Gasteiger partial charge in [0.15, 0.2) is 0 Å². The maximum Gasteiger partial charge on any atom is 0.326 e. The molecule has 0 saturated carbocycles. The molecule has 0 spiro atoms. The quantitative estimate of drug-likeness (QED) is 0.0332. The van der Waals surface area contributed by atoms with Crippen LogP contribution < -0.4 is 59.7 Å². The number of carbonyl (C=O) groups is 10. The fraction of sp³-hybridized carbons (Fsp3) is 0.542. The smallest absolute Gasteiger partial charge is 0.326 e. The summed E-state index contributed by atoms with van der Waals surface area (Å²) in [6, 6.07) is 1.45. The number of nitrogens with two attached hydrogens (primary N) is 3. The molecule has 0 bridgehead atoms. The number of aromatic hydroxyl groups is 1. The van der Waals surface area contributed by atoms with Crippen molar-refractivity contribution in [2.75, 3.05) is 18.6 Å². The molecule has 24 nitrogen and oxygen atoms in total. The van der Waals surface area contributed by atoms with Crippen LogP contribution in [0.3, 0.4) is 0 Å². The maximum absolute atomic E-state index is 14.2. The van der Waals surface area contributed by atoms with E-state index < -0.39 is 132 Å². The Morgan fingerprint density at radius 1 is 0.562 bits per heavy atom. The van der Waals surface area contributed by atoms with E-state index >= 15 is 0 Å². The molecule has 0 aromatic heterocycles. The zero-order valence-electron chi connectivity index (χ0n) is 42.0. The monoisotopic (exact) mass is 1040 g/mol. The van der Waals surface area contributed by atoms with Gasteiger partial charge in [-0.25, -0.2) is 4.79 Å². The molecule has 73 heavy (non-hydrogen) atoms. The largest absolute Gasteiger partial charge is 0.508 e. The molecule has 9 amide bonds. The molecule has 404 valence electrons. The zero-order valence-corrected chi connectivity index (χ0v) is 42.8. The topological polar surface area (TPSA) is 406 Å². The number of aliphatic hydroxyl groups is 1. The van der Waals surface area contributed by atoms with Crippen LogP contribution in [-0.2, 0) is 60.8 Å². The first-order valence-electron chi connectivity index (χ1n) is 23.8. The van der Waals surface area contributed by atoms with E-state index in [0.29, 0.717) is 42.7 Å². The van der Waals surface area contributed by atoms with Crippen LogP contribution in [0, 0.1) is 5.92 Å². The van der Waals surface area contributed by atoms with Crippen LogP contribution in [0.15, 0.2) is 54.6 Å². The van der Waals surface area contributed by atoms with Crippen molar-refractivity contribution in [1.82, 2.24) is 42.5 Å². The van der Waals surface area contributed by atoms with Crippen molar-refractivity contribution in [2.45, 2.75) is 140 Å². The molecule has 0 radical (unpaired) electrons. The van der Waals surface area contributed by atoms with Gasteiger partial charge in [-0.2, -0.15) is 11.8 Å². The molecule has 2 aromatic carbocycles. The second-order valence-electron chi connectivity index (χ2n) is 17.9. The molecule has 2 aromatic rings. The van der Waals surface area contributed by atoms with Crippen LogP contribution in [0.4, 0.5) is 0 Å². The maximum atomic E-state index is 14.2. The van der Waals surface area contributed by atoms with Gasteiger partial charge in [0.05, 0.1) is 18.6 Å². The molecule has 0 fully saturated rings. The highest BCUT2D eigenvalue weighted by Gasteiger charge is 2.36. The van der Waals surface area contributed by atoms with Crippen molar-refractivity contribution in [3.8, 4) is 5.75 Å². The molecule has 0 heterocycles. The molecular weight excluding hydrogens is 971 g/mol. The van der Waals surface area contributed by atoms with E-state index in [1.807, 2.05) is 0 Å². The average molecular weight is 1040 g/mol. The number of nitrogens with one attached hydrogen (secondary N) is 8. The molecule has 0 unspecified atom stereocenters. The normalized spacial score (nSPS) is 15.2. The highest BCUT2D eigenvalue weighted by atomic mass is 32.2. The fourth-order valence-electron chi connectivity index (χ4n) is 7.01. The standard InChI is InChI=1S/C48H73N11O13S/c1-25(2)38(58-40(63)26(3)52-42(65)32(50)14-10-11-20-49)46(69)57-35(23-30-15-17-31(61)18-16-30)44(67)56-36(24-37(51)62)45(68)55-34(22-29-12-8-7-9-13-29)43(66)53-27(4)41(64)59-39(28(5)60)47(70)54-33(48(71)72)19-21-73-6/h7-9,12-13,15-18,25-28,32-36,38-39,60-61H,10-11,14,19-24,49-50H2,1-6H3,(H2,51,62)(H,52,65)(H,53,66)(H,54,70)(H,55,68)(H,56,67)(H,57,69)(H,58,63)(H,59,64)(H,71,72)/t26-,27-,28+,32-,33-,34+,35-,36-,38-,39-/m0/s1. The first-order chi connectivity index (χ1) is 34.4. The number of aliphatic hydroxyl groups excluding tert-OH is 1. The predicted molar refractivity (Wildman–Crippen MR) is 271 cm³/mol. The summed E-state index contributed by atoms with van der Waals surface area (Å²) in [5.74, 6) is -9.83. The van der Waals surface area contributed by atoms with E-state index in [4.69, 9.17) is 17.2 Å². The second-order valence-corrected chi connectivity index (χ2v) is 18.9. The number of thioether (sulfide) groups is 1. The Morgan fingerprint density at radius 2 is 1.03 bits per heavy atom. The van der Waals surface area contributed by atoms with Gasteiger partial charge in [0.25, 0.3) is 0 Å². The Morgan fingerprint density at radius 3 is 1.53 bits per heavy atom. The minimum absolute atomic E-state index is 0.0572. The van der Waals surface area contributed by atoms with Gasteiger partial charge >= 0.3 is 5.97 Å². The van der Waals surface area contributed by atoms with Gasteiger partial charge in [0.1, 0.15) is 54.1 Å². The lowest BCUT2D eigenvalue weighted by atomic mass is 10.00. The SMILES string of the molecule is CSCC[C@H](NC(=O)[C@@H](NC(=O)[C@H](C)NC(=O)[C@@H](Cc1ccccc1)NC(=O)[C@H](CC(N)=O)NC(=O)[C@H](Cc1ccc(O)cc1)NC(=O)[C@@H](NC(=O)[C@H](C)NC(=O)[C@@H](N)CCCCN)C(C)C)[C@@H](C)O)C(=O)O. The molecule has 0 aliphatic carbocycles. The molecule has 0 saturated heterocycles. The molecule has 2 rings (SSSR count). The number of phenols is 1. The third-order valence-electron chi connectivity index (χ3n) is 11.3. The number of carboxylic acid groups (broad SMARTS) is 1. The average Bonchev–Trinajstić information content (AvgIpc) is 3.33. The minimum Gasteiger partial charge on any atom is -0.508 e. The number of amides is 9. The van der Waals surface area contributed by atoms with E-state index in [1.54, 1.807) is 50.4 Å². The van der Waals surface area contributed by atoms with Crippen molar-refractivity contribution >= 4 is 70.9 Å². The van der Waals surface area contributed by atoms with Crippen LogP contribution in [0.2, 0.25) is 0 Å². The summed E-state index contributed by atoms with van der Waals surface area (Å²) in [5, 5.41) is 49.6. The van der Waals surface area contributed by atoms with Gasteiger partial charge in [-0.05, 0) is 87.8 Å². The lowest BCUT2D eigenvalue weighted by molar-refractivity contribution is -0.143. The Hall–Kier alpha value is -6.83. The number of hydrogen-bond acceptors (Lipinski definition) is 15. The van der Waals surface area contributed by atoms with Crippen LogP contribution in [0.5, 0.6) is 5.75 Å². The van der Waals surface area contributed by atoms with Gasteiger partial charge in [-0.3, -0.25) is 43.2 Å². The third kappa shape index (κ3) is 22.2. The van der Waals surface area contributed by atoms with Gasteiger partial charge < -0.3 is 75.1 Å². The summed E-state index contributed by atoms with van der Waals surface area (Å²) in [7, 11) is 0. The van der Waals surface area contributed by atoms with E-state index in [1.165, 1.54) is 56.8 Å². The summed E-state index contributed by atoms with van der Waals surface area (Å²) in [4.78, 5) is 133. The number of rotatable bonds is 32. The summed E-state index contributed by atoms with van der Waals surface area (Å²) < 4.78 is 0. The number of aliphatic carboxylic acids is 1. The van der Waals surface area contributed by atoms with Gasteiger partial charge in [0, 0.05) is 12.8 Å². The Labute approximate surface area is 428 Å². The van der Waals surface area contributed by atoms with E-state index in [0.717, 1.165) is 0 Å². The number of unbranched alkanes of at least 4 members (excludes halogenated alkanes) is 1. The zero-order chi connectivity index (χ0) is 54.9. The fourth-order valence-corrected chi connectivity index (χ4v) is 7.48. The number of hydrogen-bond donors (Lipinski definition) is 14. The number of benzene rings is 2. The van der Waals surface area contributed by atoms with Crippen LogP contribution in [0.1, 0.15) is 77.8 Å². The lowest BCUT2D eigenvalue weighted by Gasteiger charge is -2.28. The molecule has 0 aliphatic heterocycles. The van der Waals surface area contributed by atoms with Crippen molar-refractivity contribution in [1.29, 1.82) is 0 Å². The van der Waals surface area contributed by atoms with E-state index in [9.17, 15) is 63.3 Å². The Bertz CT molecular complexity index is 2190. The number of carboxylic acids is 1. The third-order valence-corrected chi connectivity index (χ3v) is 12.0. The number of phenolic OH excluding ortho intramolecular Hbond substituents is 1. The first-order valence-corrected chi connectivity index (χ1v) is 25.2. The minimum atomic E-state index is -1.77. The summed E-state index contributed by atoms with van der Waals surface area (Å²) in [6.07, 6.45) is 0.642. The highest BCUT2D eigenvalue weighted by molar-refractivity contribution is 7.98. The van der Waals surface area contributed by atoms with Crippen LogP contribution in [-0.4, -0.2) is 153 Å². The molecule has 17 N–H and O–H groups in total. The van der Waals surface area contributed by atoms with Crippen molar-refractivity contribution < 1.29 is 63.3 Å². The van der Waals surface area contributed by atoms with Crippen molar-refractivity contribution in [3.05, 3.63) is 65.7 Å². The van der Waals surface area contributed by atoms with Gasteiger partial charge in [0.2, 0.25) is 53.2 Å². The van der Waals surface area contributed by atoms with Gasteiger partial charge in [-0.1, -0.05) is 62.7 Å². The highest BCUT2D eigenvalue weighted by Crippen LogP contribution is 2.14. The van der Waals surface area contributed by atoms with Crippen LogP contribution >= 0.6 is 11.8 Å². The number of carbonyl (C=O) groups excluding carboxylic acids is 9. The summed E-state index contributed by atoms with van der Waals surface area (Å²) in [6.45, 7) is 7.51. The first kappa shape index (κ1) is 62.3. The molecule has 25 heteroatoms. The summed E-state index contributed by atoms with van der Waals surface area (Å²) >= 11 is 1.35. The van der Waals surface area contributed by atoms with E-state index in [-0.39, 0.29) is 25.0 Å².